The van der Waals surface area contributed by atoms with Gasteiger partial charge in [-0.3, -0.25) is 10.1 Å². The molecule has 3 aromatic rings. The van der Waals surface area contributed by atoms with Crippen molar-refractivity contribution in [3.63, 3.8) is 0 Å². The molecule has 3 rings (SSSR count). The smallest absolute Gasteiger partial charge is 0.300 e. The number of carboxylic acids is 1. The highest BCUT2D eigenvalue weighted by Gasteiger charge is 2.04. The Hall–Kier alpha value is -3.81. The van der Waals surface area contributed by atoms with Gasteiger partial charge in [-0.2, -0.15) is 0 Å². The van der Waals surface area contributed by atoms with Crippen molar-refractivity contribution < 1.29 is 14.6 Å². The Bertz CT molecular complexity index is 918. The van der Waals surface area contributed by atoms with E-state index in [4.69, 9.17) is 20.4 Å². The zero-order valence-electron chi connectivity index (χ0n) is 15.7. The molecule has 0 aliphatic heterocycles. The van der Waals surface area contributed by atoms with Gasteiger partial charge in [0.15, 0.2) is 5.96 Å². The molecule has 1 heterocycles. The third-order valence-corrected chi connectivity index (χ3v) is 3.52. The number of nitrogens with zero attached hydrogens (tertiary/aromatic N) is 2. The van der Waals surface area contributed by atoms with E-state index in [0.29, 0.717) is 12.5 Å². The SMILES string of the molecule is CC(=O)O.COc1ccccc1CN=C(N)Nc1ncc(-c2ccccc2)[nH]1. The van der Waals surface area contributed by atoms with Crippen LogP contribution in [0.3, 0.4) is 0 Å². The summed E-state index contributed by atoms with van der Waals surface area (Å²) in [5, 5.41) is 10.4. The maximum absolute atomic E-state index is 9.00. The number of aliphatic carboxylic acids is 1. The minimum Gasteiger partial charge on any atom is -0.496 e. The standard InChI is InChI=1S/C18H19N5O.C2H4O2/c1-24-16-10-6-5-9-14(16)11-20-17(19)23-18-21-12-15(22-18)13-7-3-2-4-8-13;1-2(3)4/h2-10,12H,11H2,1H3,(H4,19,20,21,22,23);1H3,(H,3,4). The molecular weight excluding hydrogens is 358 g/mol. The number of ether oxygens (including phenoxy) is 1. The van der Waals surface area contributed by atoms with Gasteiger partial charge in [-0.05, 0) is 11.6 Å². The number of nitrogens with two attached hydrogens (primary N) is 1. The summed E-state index contributed by atoms with van der Waals surface area (Å²) in [5.74, 6) is 0.795. The quantitative estimate of drug-likeness (QED) is 0.397. The number of carboxylic acid groups (broad SMARTS) is 1. The molecule has 0 radical (unpaired) electrons. The summed E-state index contributed by atoms with van der Waals surface area (Å²) in [5.41, 5.74) is 8.87. The second-order valence-electron chi connectivity index (χ2n) is 5.67. The van der Waals surface area contributed by atoms with Crippen molar-refractivity contribution in [3.8, 4) is 17.0 Å². The molecule has 0 atom stereocenters. The Morgan fingerprint density at radius 1 is 1.21 bits per heavy atom. The number of H-pyrrole nitrogens is 1. The number of aromatic amines is 1. The number of methoxy groups -OCH3 is 1. The number of hydrogen-bond acceptors (Lipinski definition) is 4. The Morgan fingerprint density at radius 2 is 1.86 bits per heavy atom. The van der Waals surface area contributed by atoms with Gasteiger partial charge >= 0.3 is 0 Å². The van der Waals surface area contributed by atoms with Crippen LogP contribution in [0.2, 0.25) is 0 Å². The van der Waals surface area contributed by atoms with E-state index in [9.17, 15) is 0 Å². The topological polar surface area (TPSA) is 126 Å². The predicted molar refractivity (Wildman–Crippen MR) is 109 cm³/mol. The van der Waals surface area contributed by atoms with Crippen LogP contribution in [0.4, 0.5) is 5.95 Å². The van der Waals surface area contributed by atoms with Gasteiger partial charge in [0.05, 0.1) is 25.5 Å². The van der Waals surface area contributed by atoms with Crippen molar-refractivity contribution in [2.75, 3.05) is 12.4 Å². The lowest BCUT2D eigenvalue weighted by Crippen LogP contribution is -2.23. The van der Waals surface area contributed by atoms with Crippen LogP contribution in [-0.2, 0) is 11.3 Å². The van der Waals surface area contributed by atoms with Crippen LogP contribution >= 0.6 is 0 Å². The molecule has 0 amide bonds. The number of guanidine groups is 1. The minimum atomic E-state index is -0.833. The molecule has 8 heteroatoms. The zero-order valence-corrected chi connectivity index (χ0v) is 15.7. The lowest BCUT2D eigenvalue weighted by molar-refractivity contribution is -0.134. The summed E-state index contributed by atoms with van der Waals surface area (Å²) in [6.45, 7) is 1.51. The fourth-order valence-electron chi connectivity index (χ4n) is 2.31. The summed E-state index contributed by atoms with van der Waals surface area (Å²) in [7, 11) is 1.64. The molecule has 2 aromatic carbocycles. The van der Waals surface area contributed by atoms with Crippen LogP contribution in [0.15, 0.2) is 65.8 Å². The van der Waals surface area contributed by atoms with E-state index >= 15 is 0 Å². The highest BCUT2D eigenvalue weighted by Crippen LogP contribution is 2.19. The van der Waals surface area contributed by atoms with E-state index in [2.05, 4.69) is 20.3 Å². The number of aliphatic imine (C=N–C) groups is 1. The highest BCUT2D eigenvalue weighted by molar-refractivity contribution is 5.90. The maximum atomic E-state index is 9.00. The molecule has 28 heavy (non-hydrogen) atoms. The third kappa shape index (κ3) is 6.49. The molecule has 146 valence electrons. The molecular formula is C20H23N5O3. The average Bonchev–Trinajstić information content (AvgIpc) is 3.15. The molecule has 1 aromatic heterocycles. The normalized spacial score (nSPS) is 10.6. The van der Waals surface area contributed by atoms with E-state index in [0.717, 1.165) is 29.5 Å². The summed E-state index contributed by atoms with van der Waals surface area (Å²) < 4.78 is 5.30. The summed E-state index contributed by atoms with van der Waals surface area (Å²) in [6, 6.07) is 17.7. The molecule has 0 aliphatic rings. The molecule has 0 aliphatic carbocycles. The van der Waals surface area contributed by atoms with Crippen LogP contribution in [0.5, 0.6) is 5.75 Å². The first-order chi connectivity index (χ1) is 13.5. The van der Waals surface area contributed by atoms with Gasteiger partial charge in [-0.15, -0.1) is 0 Å². The first-order valence-electron chi connectivity index (χ1n) is 8.48. The monoisotopic (exact) mass is 381 g/mol. The molecule has 0 unspecified atom stereocenters. The van der Waals surface area contributed by atoms with E-state index < -0.39 is 5.97 Å². The fraction of sp³-hybridized carbons (Fsp3) is 0.150. The molecule has 5 N–H and O–H groups in total. The number of carbonyl (C=O) groups is 1. The second kappa shape index (κ2) is 10.4. The minimum absolute atomic E-state index is 0.287. The van der Waals surface area contributed by atoms with Gasteiger partial charge in [-0.1, -0.05) is 48.5 Å². The average molecular weight is 381 g/mol. The molecule has 0 spiro atoms. The molecule has 0 bridgehead atoms. The van der Waals surface area contributed by atoms with Gasteiger partial charge in [0.1, 0.15) is 5.75 Å². The number of imidazole rings is 1. The lowest BCUT2D eigenvalue weighted by atomic mass is 10.2. The Morgan fingerprint density at radius 3 is 2.54 bits per heavy atom. The summed E-state index contributed by atoms with van der Waals surface area (Å²) in [6.07, 6.45) is 1.76. The molecule has 0 saturated carbocycles. The number of aromatic nitrogens is 2. The van der Waals surface area contributed by atoms with Crippen LogP contribution in [0.25, 0.3) is 11.3 Å². The number of benzene rings is 2. The van der Waals surface area contributed by atoms with Crippen molar-refractivity contribution in [1.29, 1.82) is 0 Å². The molecule has 0 fully saturated rings. The van der Waals surface area contributed by atoms with E-state index in [-0.39, 0.29) is 5.96 Å². The van der Waals surface area contributed by atoms with Gasteiger partial charge in [0, 0.05) is 12.5 Å². The first kappa shape index (κ1) is 20.5. The maximum Gasteiger partial charge on any atom is 0.300 e. The van der Waals surface area contributed by atoms with Crippen molar-refractivity contribution in [3.05, 3.63) is 66.4 Å². The number of nitrogens with one attached hydrogen (secondary N) is 2. The van der Waals surface area contributed by atoms with Crippen LogP contribution in [-0.4, -0.2) is 34.1 Å². The number of para-hydroxylation sites is 1. The summed E-state index contributed by atoms with van der Waals surface area (Å²) in [4.78, 5) is 20.8. The van der Waals surface area contributed by atoms with Crippen molar-refractivity contribution in [2.24, 2.45) is 10.7 Å². The molecule has 8 nitrogen and oxygen atoms in total. The number of rotatable bonds is 5. The first-order valence-corrected chi connectivity index (χ1v) is 8.48. The van der Waals surface area contributed by atoms with E-state index in [1.807, 2.05) is 54.6 Å². The highest BCUT2D eigenvalue weighted by atomic mass is 16.5. The Balaban J connectivity index is 0.000000640. The predicted octanol–water partition coefficient (Wildman–Crippen LogP) is 3.10. The van der Waals surface area contributed by atoms with Crippen molar-refractivity contribution in [2.45, 2.75) is 13.5 Å². The summed E-state index contributed by atoms with van der Waals surface area (Å²) >= 11 is 0. The number of hydrogen-bond donors (Lipinski definition) is 4. The fourth-order valence-corrected chi connectivity index (χ4v) is 2.31. The van der Waals surface area contributed by atoms with Crippen molar-refractivity contribution >= 4 is 17.9 Å². The van der Waals surface area contributed by atoms with Gasteiger partial charge in [0.2, 0.25) is 5.95 Å². The zero-order chi connectivity index (χ0) is 20.4. The van der Waals surface area contributed by atoms with Crippen LogP contribution in [0, 0.1) is 0 Å². The lowest BCUT2D eigenvalue weighted by Gasteiger charge is -2.06. The van der Waals surface area contributed by atoms with Gasteiger partial charge in [-0.25, -0.2) is 9.98 Å². The Labute approximate surface area is 163 Å². The van der Waals surface area contributed by atoms with E-state index in [1.165, 1.54) is 0 Å². The van der Waals surface area contributed by atoms with Crippen LogP contribution in [0.1, 0.15) is 12.5 Å². The van der Waals surface area contributed by atoms with Crippen molar-refractivity contribution in [1.82, 2.24) is 9.97 Å². The Kier molecular flexibility index (Phi) is 7.59. The third-order valence-electron chi connectivity index (χ3n) is 3.52. The largest absolute Gasteiger partial charge is 0.496 e. The van der Waals surface area contributed by atoms with Gasteiger partial charge in [0.25, 0.3) is 5.97 Å². The second-order valence-corrected chi connectivity index (χ2v) is 5.67. The van der Waals surface area contributed by atoms with E-state index in [1.54, 1.807) is 13.3 Å². The van der Waals surface area contributed by atoms with Crippen LogP contribution < -0.4 is 15.8 Å². The number of anilines is 1. The molecule has 0 saturated heterocycles. The van der Waals surface area contributed by atoms with Gasteiger partial charge < -0.3 is 20.6 Å².